The summed E-state index contributed by atoms with van der Waals surface area (Å²) in [5, 5.41) is 13.5. The summed E-state index contributed by atoms with van der Waals surface area (Å²) in [6.07, 6.45) is 0. The van der Waals surface area contributed by atoms with Gasteiger partial charge in [0.25, 0.3) is 0 Å². The first kappa shape index (κ1) is 17.2. The Kier molecular flexibility index (Phi) is 4.72. The van der Waals surface area contributed by atoms with E-state index in [2.05, 4.69) is 9.94 Å². The van der Waals surface area contributed by atoms with Crippen LogP contribution >= 0.6 is 0 Å². The van der Waals surface area contributed by atoms with E-state index in [1.165, 1.54) is 11.7 Å². The number of carboxylic acids is 1. The van der Waals surface area contributed by atoms with E-state index in [9.17, 15) is 9.90 Å². The lowest BCUT2D eigenvalue weighted by atomic mass is 9.99. The van der Waals surface area contributed by atoms with Crippen molar-refractivity contribution in [1.29, 1.82) is 0 Å². The zero-order chi connectivity index (χ0) is 18.7. The van der Waals surface area contributed by atoms with Gasteiger partial charge >= 0.3 is 11.8 Å². The van der Waals surface area contributed by atoms with E-state index in [0.29, 0.717) is 17.7 Å². The van der Waals surface area contributed by atoms with Crippen LogP contribution in [-0.2, 0) is 7.05 Å². The molecule has 6 heteroatoms. The van der Waals surface area contributed by atoms with Crippen LogP contribution in [0.4, 0.5) is 5.82 Å². The molecule has 130 valence electrons. The van der Waals surface area contributed by atoms with Crippen molar-refractivity contribution in [3.8, 4) is 28.0 Å². The molecule has 1 aromatic heterocycles. The summed E-state index contributed by atoms with van der Waals surface area (Å²) in [6, 6.07) is 15.1. The van der Waals surface area contributed by atoms with E-state index >= 15 is 0 Å². The van der Waals surface area contributed by atoms with Crippen LogP contribution < -0.4 is 4.74 Å². The van der Waals surface area contributed by atoms with Crippen LogP contribution in [-0.4, -0.2) is 27.5 Å². The summed E-state index contributed by atoms with van der Waals surface area (Å²) in [4.78, 5) is 14.9. The molecule has 0 unspecified atom stereocenters. The van der Waals surface area contributed by atoms with Gasteiger partial charge in [0, 0.05) is 11.1 Å². The van der Waals surface area contributed by atoms with Crippen LogP contribution in [0.1, 0.15) is 17.4 Å². The predicted molar refractivity (Wildman–Crippen MR) is 98.5 cm³/mol. The molecule has 0 spiro atoms. The third-order valence-corrected chi connectivity index (χ3v) is 4.01. The Morgan fingerprint density at radius 2 is 1.85 bits per heavy atom. The molecule has 1 N–H and O–H groups in total. The van der Waals surface area contributed by atoms with Gasteiger partial charge in [0.2, 0.25) is 0 Å². The fourth-order valence-corrected chi connectivity index (χ4v) is 2.90. The second kappa shape index (κ2) is 7.11. The van der Waals surface area contributed by atoms with Gasteiger partial charge in [-0.15, -0.1) is 0 Å². The minimum atomic E-state index is -1.12. The number of carbonyl (C=O) groups is 1. The number of aryl methyl sites for hydroxylation is 1. The van der Waals surface area contributed by atoms with Crippen molar-refractivity contribution < 1.29 is 14.6 Å². The van der Waals surface area contributed by atoms with Crippen molar-refractivity contribution in [2.75, 3.05) is 6.61 Å². The minimum absolute atomic E-state index is 0.00142. The van der Waals surface area contributed by atoms with Crippen LogP contribution in [0, 0.1) is 6.57 Å². The fraction of sp³-hybridized carbons (Fsp3) is 0.150. The first-order chi connectivity index (χ1) is 12.6. The SMILES string of the molecule is [C-]#[N+]c1nn(C)c(C(=O)O)c1-c1ccc(-c2ccccc2OCC)cc1. The first-order valence-corrected chi connectivity index (χ1v) is 8.07. The van der Waals surface area contributed by atoms with Crippen molar-refractivity contribution in [3.05, 3.63) is 65.6 Å². The van der Waals surface area contributed by atoms with E-state index in [4.69, 9.17) is 11.3 Å². The van der Waals surface area contributed by atoms with Gasteiger partial charge in [-0.3, -0.25) is 0 Å². The highest BCUT2D eigenvalue weighted by molar-refractivity contribution is 5.98. The number of aromatic nitrogens is 2. The number of carboxylic acid groups (broad SMARTS) is 1. The number of aromatic carboxylic acids is 1. The maximum atomic E-state index is 11.6. The second-order valence-electron chi connectivity index (χ2n) is 5.59. The lowest BCUT2D eigenvalue weighted by molar-refractivity contribution is 0.0686. The largest absolute Gasteiger partial charge is 0.493 e. The summed E-state index contributed by atoms with van der Waals surface area (Å²) >= 11 is 0. The maximum absolute atomic E-state index is 11.6. The molecule has 0 aliphatic carbocycles. The first-order valence-electron chi connectivity index (χ1n) is 8.07. The van der Waals surface area contributed by atoms with E-state index in [0.717, 1.165) is 16.9 Å². The Balaban J connectivity index is 2.08. The molecule has 1 heterocycles. The molecule has 0 atom stereocenters. The number of ether oxygens (including phenoxy) is 1. The molecular weight excluding hydrogens is 330 g/mol. The number of rotatable bonds is 5. The molecule has 3 aromatic rings. The van der Waals surface area contributed by atoms with Crippen LogP contribution in [0.15, 0.2) is 48.5 Å². The van der Waals surface area contributed by atoms with Gasteiger partial charge in [0.15, 0.2) is 5.69 Å². The Morgan fingerprint density at radius 1 is 1.19 bits per heavy atom. The molecule has 0 radical (unpaired) electrons. The van der Waals surface area contributed by atoms with Crippen molar-refractivity contribution in [2.45, 2.75) is 6.92 Å². The Hall–Kier alpha value is -3.59. The molecule has 2 aromatic carbocycles. The van der Waals surface area contributed by atoms with Gasteiger partial charge in [-0.2, -0.15) is 4.68 Å². The highest BCUT2D eigenvalue weighted by Gasteiger charge is 2.24. The average Bonchev–Trinajstić information content (AvgIpc) is 2.99. The predicted octanol–water partition coefficient (Wildman–Crippen LogP) is 4.40. The van der Waals surface area contributed by atoms with E-state index in [-0.39, 0.29) is 11.5 Å². The summed E-state index contributed by atoms with van der Waals surface area (Å²) in [5.74, 6) is -0.250. The van der Waals surface area contributed by atoms with E-state index < -0.39 is 5.97 Å². The van der Waals surface area contributed by atoms with Crippen LogP contribution in [0.3, 0.4) is 0 Å². The van der Waals surface area contributed by atoms with E-state index in [1.807, 2.05) is 43.3 Å². The third kappa shape index (κ3) is 3.03. The van der Waals surface area contributed by atoms with Crippen LogP contribution in [0.2, 0.25) is 0 Å². The summed E-state index contributed by atoms with van der Waals surface area (Å²) in [6.45, 7) is 9.78. The molecule has 3 rings (SSSR count). The average molecular weight is 347 g/mol. The Bertz CT molecular complexity index is 998. The molecular formula is C20H17N3O3. The Morgan fingerprint density at radius 3 is 2.46 bits per heavy atom. The molecule has 0 aliphatic rings. The molecule has 6 nitrogen and oxygen atoms in total. The quantitative estimate of drug-likeness (QED) is 0.695. The van der Waals surface area contributed by atoms with Gasteiger partial charge < -0.3 is 14.7 Å². The standard InChI is InChI=1S/C20H17N3O3/c1-4-26-16-8-6-5-7-15(16)13-9-11-14(12-10-13)17-18(20(24)25)23(3)22-19(17)21-2/h5-12H,4H2,1,3H3,(H,24,25). The minimum Gasteiger partial charge on any atom is -0.493 e. The smallest absolute Gasteiger partial charge is 0.355 e. The molecule has 0 saturated heterocycles. The zero-order valence-corrected chi connectivity index (χ0v) is 14.4. The second-order valence-corrected chi connectivity index (χ2v) is 5.59. The normalized spacial score (nSPS) is 10.3. The molecule has 26 heavy (non-hydrogen) atoms. The van der Waals surface area contributed by atoms with Crippen LogP contribution in [0.25, 0.3) is 27.1 Å². The summed E-state index contributed by atoms with van der Waals surface area (Å²) < 4.78 is 6.89. The van der Waals surface area contributed by atoms with Gasteiger partial charge in [-0.1, -0.05) is 49.0 Å². The van der Waals surface area contributed by atoms with Gasteiger partial charge in [0.1, 0.15) is 5.75 Å². The van der Waals surface area contributed by atoms with Crippen molar-refractivity contribution in [2.24, 2.45) is 7.05 Å². The van der Waals surface area contributed by atoms with Gasteiger partial charge in [0.05, 0.1) is 13.7 Å². The van der Waals surface area contributed by atoms with Gasteiger partial charge in [-0.25, -0.2) is 4.79 Å². The topological polar surface area (TPSA) is 68.7 Å². The molecule has 0 saturated carbocycles. The van der Waals surface area contributed by atoms with E-state index in [1.54, 1.807) is 12.1 Å². The Labute approximate surface area is 151 Å². The number of nitrogens with zero attached hydrogens (tertiary/aromatic N) is 3. The lowest BCUT2D eigenvalue weighted by Gasteiger charge is -2.11. The lowest BCUT2D eigenvalue weighted by Crippen LogP contribution is -2.06. The third-order valence-electron chi connectivity index (χ3n) is 4.01. The molecule has 0 bridgehead atoms. The van der Waals surface area contributed by atoms with Crippen molar-refractivity contribution in [3.63, 3.8) is 0 Å². The fourth-order valence-electron chi connectivity index (χ4n) is 2.90. The number of benzene rings is 2. The van der Waals surface area contributed by atoms with Crippen LogP contribution in [0.5, 0.6) is 5.75 Å². The number of para-hydroxylation sites is 1. The summed E-state index contributed by atoms with van der Waals surface area (Å²) in [5.41, 5.74) is 2.87. The highest BCUT2D eigenvalue weighted by atomic mass is 16.5. The number of hydrogen-bond acceptors (Lipinski definition) is 3. The molecule has 0 amide bonds. The monoisotopic (exact) mass is 347 g/mol. The molecule has 0 fully saturated rings. The highest BCUT2D eigenvalue weighted by Crippen LogP contribution is 2.36. The van der Waals surface area contributed by atoms with Gasteiger partial charge in [-0.05, 0) is 29.2 Å². The number of hydrogen-bond donors (Lipinski definition) is 1. The maximum Gasteiger partial charge on any atom is 0.355 e. The zero-order valence-electron chi connectivity index (χ0n) is 14.4. The van der Waals surface area contributed by atoms with Crippen molar-refractivity contribution >= 4 is 11.8 Å². The van der Waals surface area contributed by atoms with Crippen molar-refractivity contribution in [1.82, 2.24) is 9.78 Å². The molecule has 0 aliphatic heterocycles. The summed E-state index contributed by atoms with van der Waals surface area (Å²) in [7, 11) is 1.52.